The molecule has 1 aromatic rings. The summed E-state index contributed by atoms with van der Waals surface area (Å²) < 4.78 is 18.1. The number of halogens is 1. The van der Waals surface area contributed by atoms with Gasteiger partial charge in [-0.2, -0.15) is 0 Å². The zero-order chi connectivity index (χ0) is 8.97. The van der Waals surface area contributed by atoms with Gasteiger partial charge in [-0.3, -0.25) is 0 Å². The maximum absolute atomic E-state index is 13.1. The summed E-state index contributed by atoms with van der Waals surface area (Å²) >= 11 is 0. The summed E-state index contributed by atoms with van der Waals surface area (Å²) in [6, 6.07) is 4.92. The number of benzene rings is 1. The summed E-state index contributed by atoms with van der Waals surface area (Å²) in [7, 11) is 0. The van der Waals surface area contributed by atoms with Crippen molar-refractivity contribution < 1.29 is 14.2 Å². The van der Waals surface area contributed by atoms with Crippen molar-refractivity contribution in [2.45, 2.75) is 6.92 Å². The SMILES string of the molecule is Cc1cccc(OCCO)c1F. The molecule has 1 N–H and O–H groups in total. The summed E-state index contributed by atoms with van der Waals surface area (Å²) in [4.78, 5) is 0. The number of aryl methyl sites for hydroxylation is 1. The van der Waals surface area contributed by atoms with Crippen LogP contribution in [0.1, 0.15) is 5.56 Å². The molecular formula is C9H11FO2. The van der Waals surface area contributed by atoms with Crippen LogP contribution in [0.2, 0.25) is 0 Å². The molecule has 1 rings (SSSR count). The van der Waals surface area contributed by atoms with Crippen LogP contribution in [0.25, 0.3) is 0 Å². The third-order valence-electron chi connectivity index (χ3n) is 1.51. The Kier molecular flexibility index (Phi) is 3.05. The minimum absolute atomic E-state index is 0.104. The van der Waals surface area contributed by atoms with E-state index >= 15 is 0 Å². The molecule has 0 heterocycles. The molecule has 0 aliphatic carbocycles. The molecule has 0 aliphatic heterocycles. The van der Waals surface area contributed by atoms with Crippen molar-refractivity contribution in [3.8, 4) is 5.75 Å². The first-order valence-electron chi connectivity index (χ1n) is 3.74. The first kappa shape index (κ1) is 9.00. The van der Waals surface area contributed by atoms with E-state index in [0.717, 1.165) is 0 Å². The van der Waals surface area contributed by atoms with Gasteiger partial charge in [0.15, 0.2) is 11.6 Å². The van der Waals surface area contributed by atoms with Crippen LogP contribution in [-0.2, 0) is 0 Å². The molecule has 0 saturated carbocycles. The first-order chi connectivity index (χ1) is 5.75. The lowest BCUT2D eigenvalue weighted by Gasteiger charge is -2.06. The lowest BCUT2D eigenvalue weighted by Crippen LogP contribution is -2.03. The maximum Gasteiger partial charge on any atom is 0.167 e. The fraction of sp³-hybridized carbons (Fsp3) is 0.333. The lowest BCUT2D eigenvalue weighted by molar-refractivity contribution is 0.196. The van der Waals surface area contributed by atoms with Gasteiger partial charge in [-0.05, 0) is 18.6 Å². The zero-order valence-corrected chi connectivity index (χ0v) is 6.88. The van der Waals surface area contributed by atoms with Crippen molar-refractivity contribution in [1.82, 2.24) is 0 Å². The van der Waals surface area contributed by atoms with Crippen LogP contribution in [0.5, 0.6) is 5.75 Å². The summed E-state index contributed by atoms with van der Waals surface area (Å²) in [5.41, 5.74) is 0.547. The topological polar surface area (TPSA) is 29.5 Å². The van der Waals surface area contributed by atoms with Crippen molar-refractivity contribution in [1.29, 1.82) is 0 Å². The molecule has 0 aliphatic rings. The summed E-state index contributed by atoms with van der Waals surface area (Å²) in [5.74, 6) is -0.157. The Bertz CT molecular complexity index is 261. The van der Waals surface area contributed by atoms with Crippen molar-refractivity contribution in [3.63, 3.8) is 0 Å². The molecule has 0 aromatic heterocycles. The normalized spacial score (nSPS) is 9.92. The van der Waals surface area contributed by atoms with E-state index < -0.39 is 0 Å². The van der Waals surface area contributed by atoms with Gasteiger partial charge < -0.3 is 9.84 Å². The highest BCUT2D eigenvalue weighted by molar-refractivity contribution is 5.29. The predicted octanol–water partition coefficient (Wildman–Crippen LogP) is 1.51. The molecular weight excluding hydrogens is 159 g/mol. The second kappa shape index (κ2) is 4.07. The Morgan fingerprint density at radius 2 is 2.25 bits per heavy atom. The van der Waals surface area contributed by atoms with E-state index in [4.69, 9.17) is 9.84 Å². The Labute approximate surface area is 70.6 Å². The third kappa shape index (κ3) is 1.95. The third-order valence-corrected chi connectivity index (χ3v) is 1.51. The fourth-order valence-electron chi connectivity index (χ4n) is 0.888. The average Bonchev–Trinajstić information content (AvgIpc) is 2.08. The summed E-state index contributed by atoms with van der Waals surface area (Å²) in [6.45, 7) is 1.69. The molecule has 1 aromatic carbocycles. The van der Waals surface area contributed by atoms with Crippen LogP contribution in [-0.4, -0.2) is 18.3 Å². The molecule has 66 valence electrons. The molecule has 3 heteroatoms. The quantitative estimate of drug-likeness (QED) is 0.745. The van der Waals surface area contributed by atoms with E-state index in [1.165, 1.54) is 6.07 Å². The molecule has 0 atom stereocenters. The first-order valence-corrected chi connectivity index (χ1v) is 3.74. The van der Waals surface area contributed by atoms with Crippen LogP contribution < -0.4 is 4.74 Å². The van der Waals surface area contributed by atoms with E-state index in [9.17, 15) is 4.39 Å². The second-order valence-electron chi connectivity index (χ2n) is 2.46. The highest BCUT2D eigenvalue weighted by Gasteiger charge is 2.04. The molecule has 2 nitrogen and oxygen atoms in total. The molecule has 0 bridgehead atoms. The van der Waals surface area contributed by atoms with Gasteiger partial charge in [0.2, 0.25) is 0 Å². The highest BCUT2D eigenvalue weighted by Crippen LogP contribution is 2.19. The van der Waals surface area contributed by atoms with Crippen LogP contribution in [0.4, 0.5) is 4.39 Å². The van der Waals surface area contributed by atoms with E-state index in [0.29, 0.717) is 5.56 Å². The minimum Gasteiger partial charge on any atom is -0.488 e. The number of hydrogen-bond donors (Lipinski definition) is 1. The molecule has 0 saturated heterocycles. The Hall–Kier alpha value is -1.09. The van der Waals surface area contributed by atoms with Crippen molar-refractivity contribution in [3.05, 3.63) is 29.6 Å². The number of ether oxygens (including phenoxy) is 1. The molecule has 0 radical (unpaired) electrons. The summed E-state index contributed by atoms with van der Waals surface area (Å²) in [6.07, 6.45) is 0. The monoisotopic (exact) mass is 170 g/mol. The molecule has 0 unspecified atom stereocenters. The highest BCUT2D eigenvalue weighted by atomic mass is 19.1. The van der Waals surface area contributed by atoms with Gasteiger partial charge in [0.25, 0.3) is 0 Å². The number of aliphatic hydroxyl groups excluding tert-OH is 1. The van der Waals surface area contributed by atoms with Crippen molar-refractivity contribution in [2.24, 2.45) is 0 Å². The van der Waals surface area contributed by atoms with Gasteiger partial charge in [0.1, 0.15) is 6.61 Å². The van der Waals surface area contributed by atoms with E-state index in [-0.39, 0.29) is 24.8 Å². The standard InChI is InChI=1S/C9H11FO2/c1-7-3-2-4-8(9(7)10)12-6-5-11/h2-4,11H,5-6H2,1H3. The second-order valence-corrected chi connectivity index (χ2v) is 2.46. The van der Waals surface area contributed by atoms with Crippen molar-refractivity contribution >= 4 is 0 Å². The zero-order valence-electron chi connectivity index (χ0n) is 6.88. The summed E-state index contributed by atoms with van der Waals surface area (Å²) in [5, 5.41) is 8.44. The number of rotatable bonds is 3. The molecule has 12 heavy (non-hydrogen) atoms. The maximum atomic E-state index is 13.1. The van der Waals surface area contributed by atoms with Gasteiger partial charge in [-0.1, -0.05) is 12.1 Å². The largest absolute Gasteiger partial charge is 0.488 e. The van der Waals surface area contributed by atoms with E-state index in [2.05, 4.69) is 0 Å². The van der Waals surface area contributed by atoms with Crippen LogP contribution in [0.15, 0.2) is 18.2 Å². The van der Waals surface area contributed by atoms with Crippen LogP contribution in [0, 0.1) is 12.7 Å². The molecule has 0 spiro atoms. The fourth-order valence-corrected chi connectivity index (χ4v) is 0.888. The van der Waals surface area contributed by atoms with E-state index in [1.807, 2.05) is 0 Å². The van der Waals surface area contributed by atoms with E-state index in [1.54, 1.807) is 19.1 Å². The average molecular weight is 170 g/mol. The lowest BCUT2D eigenvalue weighted by atomic mass is 10.2. The van der Waals surface area contributed by atoms with Gasteiger partial charge in [-0.15, -0.1) is 0 Å². The number of hydrogen-bond acceptors (Lipinski definition) is 2. The van der Waals surface area contributed by atoms with Gasteiger partial charge in [-0.25, -0.2) is 4.39 Å². The number of aliphatic hydroxyl groups is 1. The minimum atomic E-state index is -0.356. The Morgan fingerprint density at radius 3 is 2.92 bits per heavy atom. The van der Waals surface area contributed by atoms with Gasteiger partial charge in [0, 0.05) is 0 Å². The smallest absolute Gasteiger partial charge is 0.167 e. The predicted molar refractivity (Wildman–Crippen MR) is 43.7 cm³/mol. The Balaban J connectivity index is 2.78. The Morgan fingerprint density at radius 1 is 1.50 bits per heavy atom. The molecule has 0 amide bonds. The van der Waals surface area contributed by atoms with Gasteiger partial charge >= 0.3 is 0 Å². The van der Waals surface area contributed by atoms with Crippen molar-refractivity contribution in [2.75, 3.05) is 13.2 Å². The van der Waals surface area contributed by atoms with Crippen LogP contribution in [0.3, 0.4) is 0 Å². The van der Waals surface area contributed by atoms with Crippen LogP contribution >= 0.6 is 0 Å². The molecule has 0 fully saturated rings. The van der Waals surface area contributed by atoms with Gasteiger partial charge in [0.05, 0.1) is 6.61 Å².